The van der Waals surface area contributed by atoms with Crippen molar-refractivity contribution in [2.24, 2.45) is 0 Å². The number of amides is 2. The van der Waals surface area contributed by atoms with E-state index in [9.17, 15) is 9.59 Å². The van der Waals surface area contributed by atoms with Gasteiger partial charge >= 0.3 is 0 Å². The van der Waals surface area contributed by atoms with E-state index in [4.69, 9.17) is 4.74 Å². The SMILES string of the molecule is COc1ccccc1CN(CC(=O)Nc1ccccc1C(=O)NC1CC1)Cc1cccs1. The summed E-state index contributed by atoms with van der Waals surface area (Å²) in [6, 6.07) is 19.3. The molecule has 0 bridgehead atoms. The monoisotopic (exact) mass is 449 g/mol. The lowest BCUT2D eigenvalue weighted by molar-refractivity contribution is -0.117. The van der Waals surface area contributed by atoms with Gasteiger partial charge in [0.05, 0.1) is 24.9 Å². The van der Waals surface area contributed by atoms with Gasteiger partial charge in [0, 0.05) is 29.6 Å². The summed E-state index contributed by atoms with van der Waals surface area (Å²) in [4.78, 5) is 28.8. The minimum atomic E-state index is -0.164. The minimum absolute atomic E-state index is 0.145. The highest BCUT2D eigenvalue weighted by Gasteiger charge is 2.25. The van der Waals surface area contributed by atoms with Crippen LogP contribution in [0.3, 0.4) is 0 Å². The minimum Gasteiger partial charge on any atom is -0.496 e. The van der Waals surface area contributed by atoms with Gasteiger partial charge in [-0.05, 0) is 42.5 Å². The lowest BCUT2D eigenvalue weighted by Crippen LogP contribution is -2.33. The zero-order valence-corrected chi connectivity index (χ0v) is 18.9. The Morgan fingerprint density at radius 3 is 2.56 bits per heavy atom. The second-order valence-electron chi connectivity index (χ2n) is 7.88. The van der Waals surface area contributed by atoms with Crippen molar-refractivity contribution in [3.8, 4) is 5.75 Å². The third kappa shape index (κ3) is 5.96. The molecule has 0 radical (unpaired) electrons. The van der Waals surface area contributed by atoms with Gasteiger partial charge in [0.1, 0.15) is 5.75 Å². The molecule has 0 spiro atoms. The van der Waals surface area contributed by atoms with Crippen LogP contribution in [0.4, 0.5) is 5.69 Å². The van der Waals surface area contributed by atoms with Gasteiger partial charge in [0.15, 0.2) is 0 Å². The van der Waals surface area contributed by atoms with Crippen LogP contribution in [0.5, 0.6) is 5.75 Å². The first-order valence-electron chi connectivity index (χ1n) is 10.7. The molecule has 0 aliphatic heterocycles. The fourth-order valence-corrected chi connectivity index (χ4v) is 4.29. The predicted octanol–water partition coefficient (Wildman–Crippen LogP) is 4.29. The number of nitrogens with one attached hydrogen (secondary N) is 2. The number of hydrogen-bond acceptors (Lipinski definition) is 5. The third-order valence-corrected chi connectivity index (χ3v) is 6.13. The van der Waals surface area contributed by atoms with E-state index in [-0.39, 0.29) is 24.4 Å². The average molecular weight is 450 g/mol. The van der Waals surface area contributed by atoms with Gasteiger partial charge in [0.25, 0.3) is 5.91 Å². The maximum absolute atomic E-state index is 13.0. The van der Waals surface area contributed by atoms with Gasteiger partial charge in [-0.3, -0.25) is 14.5 Å². The van der Waals surface area contributed by atoms with Crippen LogP contribution < -0.4 is 15.4 Å². The Morgan fingerprint density at radius 2 is 1.81 bits per heavy atom. The Bertz CT molecular complexity index is 1060. The molecule has 0 saturated heterocycles. The molecule has 0 unspecified atom stereocenters. The Labute approximate surface area is 192 Å². The molecule has 6 nitrogen and oxygen atoms in total. The number of para-hydroxylation sites is 2. The largest absolute Gasteiger partial charge is 0.496 e. The van der Waals surface area contributed by atoms with Crippen molar-refractivity contribution in [1.29, 1.82) is 0 Å². The van der Waals surface area contributed by atoms with Crippen molar-refractivity contribution in [2.75, 3.05) is 19.0 Å². The zero-order valence-electron chi connectivity index (χ0n) is 18.0. The van der Waals surface area contributed by atoms with Crippen molar-refractivity contribution in [3.63, 3.8) is 0 Å². The Morgan fingerprint density at radius 1 is 1.03 bits per heavy atom. The number of carbonyl (C=O) groups excluding carboxylic acids is 2. The molecule has 2 aromatic carbocycles. The summed E-state index contributed by atoms with van der Waals surface area (Å²) in [5.74, 6) is 0.488. The Balaban J connectivity index is 1.47. The van der Waals surface area contributed by atoms with E-state index in [1.165, 1.54) is 4.88 Å². The molecule has 32 heavy (non-hydrogen) atoms. The smallest absolute Gasteiger partial charge is 0.253 e. The average Bonchev–Trinajstić information content (AvgIpc) is 3.46. The van der Waals surface area contributed by atoms with Crippen LogP contribution in [0.15, 0.2) is 66.0 Å². The second-order valence-corrected chi connectivity index (χ2v) is 8.91. The van der Waals surface area contributed by atoms with Crippen molar-refractivity contribution in [3.05, 3.63) is 82.0 Å². The van der Waals surface area contributed by atoms with Crippen LogP contribution in [-0.4, -0.2) is 36.4 Å². The van der Waals surface area contributed by atoms with E-state index >= 15 is 0 Å². The van der Waals surface area contributed by atoms with Gasteiger partial charge in [-0.2, -0.15) is 0 Å². The first-order valence-corrected chi connectivity index (χ1v) is 11.6. The van der Waals surface area contributed by atoms with Gasteiger partial charge in [-0.25, -0.2) is 0 Å². The topological polar surface area (TPSA) is 70.7 Å². The molecule has 7 heteroatoms. The molecular weight excluding hydrogens is 422 g/mol. The molecule has 1 fully saturated rings. The summed E-state index contributed by atoms with van der Waals surface area (Å²) in [6.45, 7) is 1.40. The summed E-state index contributed by atoms with van der Waals surface area (Å²) in [6.07, 6.45) is 2.03. The number of anilines is 1. The highest BCUT2D eigenvalue weighted by atomic mass is 32.1. The number of methoxy groups -OCH3 is 1. The fraction of sp³-hybridized carbons (Fsp3) is 0.280. The van der Waals surface area contributed by atoms with E-state index < -0.39 is 0 Å². The molecule has 1 aliphatic carbocycles. The summed E-state index contributed by atoms with van der Waals surface area (Å²) in [5.41, 5.74) is 2.04. The van der Waals surface area contributed by atoms with Crippen LogP contribution in [0.1, 0.15) is 33.6 Å². The molecule has 0 atom stereocenters. The number of benzene rings is 2. The number of nitrogens with zero attached hydrogens (tertiary/aromatic N) is 1. The highest BCUT2D eigenvalue weighted by molar-refractivity contribution is 7.09. The molecule has 1 heterocycles. The number of rotatable bonds is 10. The summed E-state index contributed by atoms with van der Waals surface area (Å²) >= 11 is 1.66. The highest BCUT2D eigenvalue weighted by Crippen LogP contribution is 2.23. The maximum Gasteiger partial charge on any atom is 0.253 e. The summed E-state index contributed by atoms with van der Waals surface area (Å²) in [5, 5.41) is 7.96. The van der Waals surface area contributed by atoms with Crippen molar-refractivity contribution >= 4 is 28.8 Å². The molecule has 2 amide bonds. The number of ether oxygens (including phenoxy) is 1. The quantitative estimate of drug-likeness (QED) is 0.484. The molecule has 166 valence electrons. The number of hydrogen-bond donors (Lipinski definition) is 2. The van der Waals surface area contributed by atoms with Crippen molar-refractivity contribution in [1.82, 2.24) is 10.2 Å². The van der Waals surface area contributed by atoms with E-state index in [1.54, 1.807) is 30.6 Å². The second kappa shape index (κ2) is 10.4. The van der Waals surface area contributed by atoms with Crippen LogP contribution >= 0.6 is 11.3 Å². The van der Waals surface area contributed by atoms with Gasteiger partial charge < -0.3 is 15.4 Å². The molecule has 1 saturated carbocycles. The van der Waals surface area contributed by atoms with Gasteiger partial charge in [0.2, 0.25) is 5.91 Å². The zero-order chi connectivity index (χ0) is 22.3. The van der Waals surface area contributed by atoms with E-state index in [0.717, 1.165) is 24.2 Å². The normalized spacial score (nSPS) is 13.1. The number of carbonyl (C=O) groups is 2. The van der Waals surface area contributed by atoms with Crippen LogP contribution in [0.2, 0.25) is 0 Å². The molecule has 1 aromatic heterocycles. The van der Waals surface area contributed by atoms with Crippen LogP contribution in [-0.2, 0) is 17.9 Å². The van der Waals surface area contributed by atoms with Crippen molar-refractivity contribution < 1.29 is 14.3 Å². The summed E-state index contributed by atoms with van der Waals surface area (Å²) in [7, 11) is 1.65. The molecular formula is C25H27N3O3S. The third-order valence-electron chi connectivity index (χ3n) is 5.27. The lowest BCUT2D eigenvalue weighted by Gasteiger charge is -2.22. The molecule has 4 rings (SSSR count). The fourth-order valence-electron chi connectivity index (χ4n) is 3.54. The number of thiophene rings is 1. The first kappa shape index (κ1) is 22.0. The van der Waals surface area contributed by atoms with Crippen LogP contribution in [0.25, 0.3) is 0 Å². The van der Waals surface area contributed by atoms with E-state index in [1.807, 2.05) is 47.8 Å². The Kier molecular flexibility index (Phi) is 7.19. The predicted molar refractivity (Wildman–Crippen MR) is 127 cm³/mol. The standard InChI is InChI=1S/C25H27N3O3S/c1-31-23-11-5-2-7-18(23)15-28(16-20-8-6-14-32-20)17-24(29)27-22-10-4-3-9-21(22)25(30)26-19-12-13-19/h2-11,14,19H,12-13,15-17H2,1H3,(H,26,30)(H,27,29). The molecule has 3 aromatic rings. The first-order chi connectivity index (χ1) is 15.6. The summed E-state index contributed by atoms with van der Waals surface area (Å²) < 4.78 is 5.49. The van der Waals surface area contributed by atoms with Crippen LogP contribution in [0, 0.1) is 0 Å². The van der Waals surface area contributed by atoms with E-state index in [0.29, 0.717) is 24.3 Å². The van der Waals surface area contributed by atoms with Crippen molar-refractivity contribution in [2.45, 2.75) is 32.0 Å². The van der Waals surface area contributed by atoms with E-state index in [2.05, 4.69) is 21.6 Å². The van der Waals surface area contributed by atoms with Gasteiger partial charge in [-0.1, -0.05) is 36.4 Å². The lowest BCUT2D eigenvalue weighted by atomic mass is 10.1. The maximum atomic E-state index is 13.0. The molecule has 2 N–H and O–H groups in total. The molecule has 1 aliphatic rings. The Hall–Kier alpha value is -3.16. The van der Waals surface area contributed by atoms with Gasteiger partial charge in [-0.15, -0.1) is 11.3 Å².